The molecule has 1 atom stereocenters. The molecule has 5 nitrogen and oxygen atoms in total. The van der Waals surface area contributed by atoms with E-state index in [1.165, 1.54) is 4.88 Å². The standard InChI is InChI=1S/C30H32N2O3S/c1-6-16-35-24-15-12-20(17-25(24)34-5)19-31-29-27(28(33)32-22-10-8-7-9-11-22)23-14-13-21(30(2,3)4)18-26(23)36-29/h1,7-12,15,17,19,21H,13-14,16,18H2,2-5H3,(H,32,33)/t21-/m1/s1. The average Bonchev–Trinajstić information content (AvgIpc) is 3.24. The molecule has 0 unspecified atom stereocenters. The number of rotatable bonds is 7. The maximum absolute atomic E-state index is 13.5. The second-order valence-corrected chi connectivity index (χ2v) is 11.1. The molecule has 3 aromatic rings. The van der Waals surface area contributed by atoms with Crippen molar-refractivity contribution >= 4 is 34.1 Å². The van der Waals surface area contributed by atoms with Gasteiger partial charge in [-0.1, -0.05) is 44.9 Å². The van der Waals surface area contributed by atoms with Gasteiger partial charge in [0.15, 0.2) is 11.5 Å². The lowest BCUT2D eigenvalue weighted by Gasteiger charge is -2.33. The molecule has 36 heavy (non-hydrogen) atoms. The van der Waals surface area contributed by atoms with Crippen LogP contribution in [0.25, 0.3) is 0 Å². The van der Waals surface area contributed by atoms with Crippen LogP contribution in [-0.2, 0) is 12.8 Å². The molecule has 2 aromatic carbocycles. The number of fused-ring (bicyclic) bond motifs is 1. The Labute approximate surface area is 217 Å². The van der Waals surface area contributed by atoms with Crippen LogP contribution in [0.3, 0.4) is 0 Å². The molecule has 0 aliphatic heterocycles. The molecule has 0 bridgehead atoms. The van der Waals surface area contributed by atoms with Gasteiger partial charge in [0.2, 0.25) is 0 Å². The van der Waals surface area contributed by atoms with Crippen molar-refractivity contribution in [2.24, 2.45) is 16.3 Å². The van der Waals surface area contributed by atoms with Gasteiger partial charge in [-0.3, -0.25) is 4.79 Å². The van der Waals surface area contributed by atoms with Crippen molar-refractivity contribution in [3.8, 4) is 23.8 Å². The number of amides is 1. The fourth-order valence-corrected chi connectivity index (χ4v) is 5.76. The van der Waals surface area contributed by atoms with Gasteiger partial charge in [-0.05, 0) is 72.1 Å². The number of hydrogen-bond donors (Lipinski definition) is 1. The van der Waals surface area contributed by atoms with Crippen LogP contribution in [-0.4, -0.2) is 25.8 Å². The highest BCUT2D eigenvalue weighted by atomic mass is 32.1. The first kappa shape index (κ1) is 25.5. The molecular formula is C30H32N2O3S. The number of ether oxygens (including phenoxy) is 2. The fraction of sp³-hybridized carbons (Fsp3) is 0.333. The van der Waals surface area contributed by atoms with E-state index < -0.39 is 0 Å². The summed E-state index contributed by atoms with van der Waals surface area (Å²) in [5, 5.41) is 3.79. The predicted molar refractivity (Wildman–Crippen MR) is 148 cm³/mol. The molecule has 0 saturated heterocycles. The van der Waals surface area contributed by atoms with E-state index >= 15 is 0 Å². The van der Waals surface area contributed by atoms with Crippen LogP contribution in [0.1, 0.15) is 53.6 Å². The molecule has 0 saturated carbocycles. The van der Waals surface area contributed by atoms with Crippen LogP contribution >= 0.6 is 11.3 Å². The smallest absolute Gasteiger partial charge is 0.259 e. The Morgan fingerprint density at radius 2 is 2.00 bits per heavy atom. The van der Waals surface area contributed by atoms with Gasteiger partial charge in [-0.25, -0.2) is 4.99 Å². The molecule has 1 aliphatic carbocycles. The van der Waals surface area contributed by atoms with E-state index in [-0.39, 0.29) is 17.9 Å². The fourth-order valence-electron chi connectivity index (χ4n) is 4.49. The minimum Gasteiger partial charge on any atom is -0.493 e. The van der Waals surface area contributed by atoms with Gasteiger partial charge in [0.1, 0.15) is 11.6 Å². The zero-order valence-corrected chi connectivity index (χ0v) is 22.1. The summed E-state index contributed by atoms with van der Waals surface area (Å²) in [5.74, 6) is 4.07. The number of benzene rings is 2. The second kappa shape index (κ2) is 11.0. The maximum Gasteiger partial charge on any atom is 0.259 e. The minimum atomic E-state index is -0.115. The Balaban J connectivity index is 1.68. The molecule has 1 amide bonds. The van der Waals surface area contributed by atoms with E-state index in [4.69, 9.17) is 20.9 Å². The molecule has 1 N–H and O–H groups in total. The highest BCUT2D eigenvalue weighted by Crippen LogP contribution is 2.45. The summed E-state index contributed by atoms with van der Waals surface area (Å²) in [6.45, 7) is 7.05. The Bertz CT molecular complexity index is 1300. The number of nitrogens with one attached hydrogen (secondary N) is 1. The Morgan fingerprint density at radius 1 is 1.22 bits per heavy atom. The van der Waals surface area contributed by atoms with E-state index in [0.29, 0.717) is 23.0 Å². The van der Waals surface area contributed by atoms with Crippen molar-refractivity contribution in [3.05, 3.63) is 70.1 Å². The van der Waals surface area contributed by atoms with E-state index in [1.807, 2.05) is 48.5 Å². The SMILES string of the molecule is C#CCOc1ccc(C=Nc2sc3c(c2C(=O)Nc2ccccc2)CC[C@@H](C(C)(C)C)C3)cc1OC. The molecule has 0 radical (unpaired) electrons. The quantitative estimate of drug-likeness (QED) is 0.283. The molecule has 1 heterocycles. The molecule has 1 aromatic heterocycles. The lowest BCUT2D eigenvalue weighted by atomic mass is 9.72. The van der Waals surface area contributed by atoms with Crippen LogP contribution in [0.2, 0.25) is 0 Å². The molecule has 0 spiro atoms. The van der Waals surface area contributed by atoms with Crippen molar-refractivity contribution in [2.45, 2.75) is 40.0 Å². The molecule has 1 aliphatic rings. The maximum atomic E-state index is 13.5. The van der Waals surface area contributed by atoms with Crippen molar-refractivity contribution < 1.29 is 14.3 Å². The first-order valence-corrected chi connectivity index (χ1v) is 12.9. The molecule has 186 valence electrons. The number of methoxy groups -OCH3 is 1. The number of carbonyl (C=O) groups excluding carboxylic acids is 1. The first-order chi connectivity index (χ1) is 17.3. The Kier molecular flexibility index (Phi) is 7.81. The van der Waals surface area contributed by atoms with E-state index in [0.717, 1.165) is 41.1 Å². The van der Waals surface area contributed by atoms with Crippen molar-refractivity contribution in [2.75, 3.05) is 19.0 Å². The summed E-state index contributed by atoms with van der Waals surface area (Å²) in [6.07, 6.45) is 10.00. The van der Waals surface area contributed by atoms with Gasteiger partial charge in [0.25, 0.3) is 5.91 Å². The number of para-hydroxylation sites is 1. The van der Waals surface area contributed by atoms with Crippen LogP contribution in [0.5, 0.6) is 11.5 Å². The molecule has 4 rings (SSSR count). The third-order valence-electron chi connectivity index (χ3n) is 6.56. The number of aliphatic imine (C=N–C) groups is 1. The summed E-state index contributed by atoms with van der Waals surface area (Å²) in [4.78, 5) is 19.5. The highest BCUT2D eigenvalue weighted by molar-refractivity contribution is 7.16. The van der Waals surface area contributed by atoms with Crippen molar-refractivity contribution in [3.63, 3.8) is 0 Å². The van der Waals surface area contributed by atoms with Gasteiger partial charge in [-0.2, -0.15) is 0 Å². The lowest BCUT2D eigenvalue weighted by molar-refractivity contribution is 0.102. The van der Waals surface area contributed by atoms with E-state index in [2.05, 4.69) is 32.0 Å². The predicted octanol–water partition coefficient (Wildman–Crippen LogP) is 6.92. The number of carbonyl (C=O) groups is 1. The summed E-state index contributed by atoms with van der Waals surface area (Å²) in [7, 11) is 1.59. The average molecular weight is 501 g/mol. The molecule has 0 fully saturated rings. The monoisotopic (exact) mass is 500 g/mol. The second-order valence-electron chi connectivity index (χ2n) is 9.97. The van der Waals surface area contributed by atoms with Crippen LogP contribution in [0.15, 0.2) is 53.5 Å². The third-order valence-corrected chi connectivity index (χ3v) is 7.72. The third kappa shape index (κ3) is 5.80. The van der Waals surface area contributed by atoms with Crippen LogP contribution in [0, 0.1) is 23.7 Å². The summed E-state index contributed by atoms with van der Waals surface area (Å²) in [5.41, 5.74) is 3.65. The number of nitrogens with zero attached hydrogens (tertiary/aromatic N) is 1. The van der Waals surface area contributed by atoms with Gasteiger partial charge < -0.3 is 14.8 Å². The lowest BCUT2D eigenvalue weighted by Crippen LogP contribution is -2.27. The first-order valence-electron chi connectivity index (χ1n) is 12.1. The van der Waals surface area contributed by atoms with Gasteiger partial charge >= 0.3 is 0 Å². The number of terminal acetylenes is 1. The van der Waals surface area contributed by atoms with Gasteiger partial charge in [0.05, 0.1) is 12.7 Å². The Hall–Kier alpha value is -3.56. The highest BCUT2D eigenvalue weighted by Gasteiger charge is 2.33. The number of thiophene rings is 1. The van der Waals surface area contributed by atoms with Crippen LogP contribution in [0.4, 0.5) is 10.7 Å². The zero-order valence-electron chi connectivity index (χ0n) is 21.3. The summed E-state index contributed by atoms with van der Waals surface area (Å²) < 4.78 is 11.0. The van der Waals surface area contributed by atoms with E-state index in [9.17, 15) is 4.79 Å². The van der Waals surface area contributed by atoms with E-state index in [1.54, 1.807) is 24.7 Å². The normalized spacial score (nSPS) is 15.2. The van der Waals surface area contributed by atoms with Crippen molar-refractivity contribution in [1.29, 1.82) is 0 Å². The summed E-state index contributed by atoms with van der Waals surface area (Å²) >= 11 is 1.63. The van der Waals surface area contributed by atoms with Crippen LogP contribution < -0.4 is 14.8 Å². The van der Waals surface area contributed by atoms with Gasteiger partial charge in [0, 0.05) is 16.8 Å². The van der Waals surface area contributed by atoms with Gasteiger partial charge in [-0.15, -0.1) is 17.8 Å². The topological polar surface area (TPSA) is 59.9 Å². The summed E-state index contributed by atoms with van der Waals surface area (Å²) in [6, 6.07) is 15.1. The zero-order chi connectivity index (χ0) is 25.7. The molecule has 6 heteroatoms. The number of anilines is 1. The largest absolute Gasteiger partial charge is 0.493 e. The molecular weight excluding hydrogens is 468 g/mol. The Morgan fingerprint density at radius 3 is 2.69 bits per heavy atom. The number of hydrogen-bond acceptors (Lipinski definition) is 5. The van der Waals surface area contributed by atoms with Crippen molar-refractivity contribution in [1.82, 2.24) is 0 Å². The minimum absolute atomic E-state index is 0.115.